The number of rotatable bonds is 4. The molecule has 1 saturated heterocycles. The Morgan fingerprint density at radius 1 is 1.53 bits per heavy atom. The van der Waals surface area contributed by atoms with Crippen molar-refractivity contribution in [1.82, 2.24) is 25.1 Å². The van der Waals surface area contributed by atoms with Gasteiger partial charge in [-0.3, -0.25) is 10.1 Å². The molecule has 104 valence electrons. The van der Waals surface area contributed by atoms with Crippen LogP contribution in [0, 0.1) is 5.92 Å². The Morgan fingerprint density at radius 3 is 2.95 bits per heavy atom. The molecule has 9 heteroatoms. The van der Waals surface area contributed by atoms with Gasteiger partial charge in [0.15, 0.2) is 0 Å². The lowest BCUT2D eigenvalue weighted by molar-refractivity contribution is -0.137. The molecule has 2 N–H and O–H groups in total. The van der Waals surface area contributed by atoms with Crippen LogP contribution in [-0.4, -0.2) is 55.3 Å². The first kappa shape index (κ1) is 13.2. The molecule has 1 aliphatic heterocycles. The van der Waals surface area contributed by atoms with Gasteiger partial charge < -0.3 is 10.0 Å². The second-order valence-corrected chi connectivity index (χ2v) is 4.57. The highest BCUT2D eigenvalue weighted by molar-refractivity contribution is 5.87. The molecular formula is C10H16N6O3. The lowest BCUT2D eigenvalue weighted by Crippen LogP contribution is -2.33. The van der Waals surface area contributed by atoms with Crippen LogP contribution < -0.4 is 5.32 Å². The molecule has 0 saturated carbocycles. The second-order valence-electron chi connectivity index (χ2n) is 4.57. The Morgan fingerprint density at radius 2 is 2.32 bits per heavy atom. The molecule has 1 aliphatic rings. The molecule has 19 heavy (non-hydrogen) atoms. The van der Waals surface area contributed by atoms with Gasteiger partial charge in [-0.05, 0) is 24.0 Å². The molecule has 1 aromatic heterocycles. The number of amides is 2. The summed E-state index contributed by atoms with van der Waals surface area (Å²) in [5.74, 6) is -0.384. The van der Waals surface area contributed by atoms with Crippen LogP contribution in [0.3, 0.4) is 0 Å². The zero-order valence-electron chi connectivity index (χ0n) is 10.6. The summed E-state index contributed by atoms with van der Waals surface area (Å²) in [7, 11) is 1.61. The van der Waals surface area contributed by atoms with E-state index in [0.717, 1.165) is 6.42 Å². The average Bonchev–Trinajstić information content (AvgIpc) is 2.95. The van der Waals surface area contributed by atoms with E-state index in [0.29, 0.717) is 19.5 Å². The summed E-state index contributed by atoms with van der Waals surface area (Å²) in [6.07, 6.45) is 1.57. The van der Waals surface area contributed by atoms with Gasteiger partial charge in [0.1, 0.15) is 0 Å². The molecule has 2 amide bonds. The monoisotopic (exact) mass is 268 g/mol. The van der Waals surface area contributed by atoms with Gasteiger partial charge in [0.25, 0.3) is 5.95 Å². The summed E-state index contributed by atoms with van der Waals surface area (Å²) in [4.78, 5) is 25.3. The van der Waals surface area contributed by atoms with Crippen molar-refractivity contribution in [2.45, 2.75) is 19.3 Å². The molecule has 0 spiro atoms. The van der Waals surface area contributed by atoms with Gasteiger partial charge in [-0.25, -0.2) is 4.79 Å². The zero-order valence-corrected chi connectivity index (χ0v) is 10.6. The van der Waals surface area contributed by atoms with Crippen molar-refractivity contribution in [3.63, 3.8) is 0 Å². The van der Waals surface area contributed by atoms with E-state index in [9.17, 15) is 9.59 Å². The first-order chi connectivity index (χ1) is 9.04. The lowest BCUT2D eigenvalue weighted by Gasteiger charge is -2.15. The third-order valence-electron chi connectivity index (χ3n) is 3.07. The van der Waals surface area contributed by atoms with Crippen LogP contribution in [0.15, 0.2) is 0 Å². The topological polar surface area (TPSA) is 113 Å². The number of aromatic nitrogens is 4. The minimum absolute atomic E-state index is 0.145. The summed E-state index contributed by atoms with van der Waals surface area (Å²) in [6.45, 7) is 1.19. The maximum absolute atomic E-state index is 11.9. The maximum Gasteiger partial charge on any atom is 0.324 e. The number of urea groups is 1. The Labute approximate surface area is 109 Å². The summed E-state index contributed by atoms with van der Waals surface area (Å²) >= 11 is 0. The number of carbonyl (C=O) groups excluding carboxylic acids is 1. The van der Waals surface area contributed by atoms with Crippen LogP contribution in [0.25, 0.3) is 0 Å². The van der Waals surface area contributed by atoms with E-state index < -0.39 is 5.97 Å². The van der Waals surface area contributed by atoms with Gasteiger partial charge in [0.2, 0.25) is 0 Å². The van der Waals surface area contributed by atoms with Crippen molar-refractivity contribution >= 4 is 17.9 Å². The second kappa shape index (κ2) is 5.63. The SMILES string of the molecule is Cn1nnc(NC(=O)N2CCC(CCC(=O)O)C2)n1. The number of aliphatic carboxylic acids is 1. The number of carbonyl (C=O) groups is 2. The van der Waals surface area contributed by atoms with Crippen molar-refractivity contribution in [2.24, 2.45) is 13.0 Å². The van der Waals surface area contributed by atoms with Crippen LogP contribution in [0.4, 0.5) is 10.7 Å². The Kier molecular flexibility index (Phi) is 3.93. The van der Waals surface area contributed by atoms with Gasteiger partial charge in [0, 0.05) is 19.5 Å². The summed E-state index contributed by atoms with van der Waals surface area (Å²) in [6, 6.07) is -0.272. The van der Waals surface area contributed by atoms with E-state index >= 15 is 0 Å². The van der Waals surface area contributed by atoms with Crippen LogP contribution in [0.2, 0.25) is 0 Å². The Balaban J connectivity index is 1.80. The summed E-state index contributed by atoms with van der Waals surface area (Å²) < 4.78 is 0. The van der Waals surface area contributed by atoms with Crippen molar-refractivity contribution in [3.05, 3.63) is 0 Å². The number of carboxylic acids is 1. The van der Waals surface area contributed by atoms with Gasteiger partial charge >= 0.3 is 12.0 Å². The van der Waals surface area contributed by atoms with Crippen LogP contribution in [0.5, 0.6) is 0 Å². The van der Waals surface area contributed by atoms with Crippen molar-refractivity contribution in [3.8, 4) is 0 Å². The number of anilines is 1. The largest absolute Gasteiger partial charge is 0.481 e. The number of likely N-dealkylation sites (tertiary alicyclic amines) is 1. The molecule has 9 nitrogen and oxygen atoms in total. The third-order valence-corrected chi connectivity index (χ3v) is 3.07. The molecule has 1 fully saturated rings. The third kappa shape index (κ3) is 3.63. The number of carboxylic acid groups (broad SMARTS) is 1. The standard InChI is InChI=1S/C10H16N6O3/c1-15-13-9(12-14-15)11-10(19)16-5-4-7(6-16)2-3-8(17)18/h7H,2-6H2,1H3,(H,17,18)(H,11,13,19). The van der Waals surface area contributed by atoms with Crippen LogP contribution in [-0.2, 0) is 11.8 Å². The highest BCUT2D eigenvalue weighted by atomic mass is 16.4. The van der Waals surface area contributed by atoms with E-state index in [4.69, 9.17) is 5.11 Å². The normalized spacial score (nSPS) is 18.6. The number of hydrogen-bond donors (Lipinski definition) is 2. The number of tetrazole rings is 1. The van der Waals surface area contributed by atoms with Gasteiger partial charge in [0.05, 0.1) is 7.05 Å². The Hall–Kier alpha value is -2.19. The van der Waals surface area contributed by atoms with Crippen molar-refractivity contribution in [1.29, 1.82) is 0 Å². The number of hydrogen-bond acceptors (Lipinski definition) is 5. The quantitative estimate of drug-likeness (QED) is 0.790. The highest BCUT2D eigenvalue weighted by Crippen LogP contribution is 2.21. The van der Waals surface area contributed by atoms with Gasteiger partial charge in [-0.15, -0.1) is 5.10 Å². The smallest absolute Gasteiger partial charge is 0.324 e. The molecular weight excluding hydrogens is 252 g/mol. The minimum Gasteiger partial charge on any atom is -0.481 e. The van der Waals surface area contributed by atoms with E-state index in [2.05, 4.69) is 20.7 Å². The molecule has 2 rings (SSSR count). The fraction of sp³-hybridized carbons (Fsp3) is 0.700. The van der Waals surface area contributed by atoms with Crippen molar-refractivity contribution < 1.29 is 14.7 Å². The molecule has 0 aliphatic carbocycles. The average molecular weight is 268 g/mol. The van der Waals surface area contributed by atoms with Gasteiger partial charge in [-0.1, -0.05) is 5.10 Å². The molecule has 2 heterocycles. The maximum atomic E-state index is 11.9. The summed E-state index contributed by atoms with van der Waals surface area (Å²) in [5, 5.41) is 22.3. The predicted molar refractivity (Wildman–Crippen MR) is 64.4 cm³/mol. The fourth-order valence-electron chi connectivity index (χ4n) is 2.09. The molecule has 1 unspecified atom stereocenters. The van der Waals surface area contributed by atoms with Gasteiger partial charge in [-0.2, -0.15) is 4.80 Å². The highest BCUT2D eigenvalue weighted by Gasteiger charge is 2.27. The number of nitrogens with zero attached hydrogens (tertiary/aromatic N) is 5. The fourth-order valence-corrected chi connectivity index (χ4v) is 2.09. The molecule has 0 aromatic carbocycles. The first-order valence-corrected chi connectivity index (χ1v) is 6.06. The predicted octanol–water partition coefficient (Wildman–Crippen LogP) is -0.0713. The molecule has 1 aromatic rings. The van der Waals surface area contributed by atoms with Crippen LogP contribution in [0.1, 0.15) is 19.3 Å². The zero-order chi connectivity index (χ0) is 13.8. The summed E-state index contributed by atoms with van der Waals surface area (Å²) in [5.41, 5.74) is 0. The lowest BCUT2D eigenvalue weighted by atomic mass is 10.0. The molecule has 0 bridgehead atoms. The first-order valence-electron chi connectivity index (χ1n) is 6.06. The van der Waals surface area contributed by atoms with E-state index in [1.165, 1.54) is 4.80 Å². The Bertz CT molecular complexity index is 474. The minimum atomic E-state index is -0.799. The molecule has 1 atom stereocenters. The van der Waals surface area contributed by atoms with E-state index in [1.807, 2.05) is 0 Å². The number of nitrogens with one attached hydrogen (secondary N) is 1. The van der Waals surface area contributed by atoms with Crippen molar-refractivity contribution in [2.75, 3.05) is 18.4 Å². The number of aryl methyl sites for hydroxylation is 1. The van der Waals surface area contributed by atoms with E-state index in [-0.39, 0.29) is 24.3 Å². The van der Waals surface area contributed by atoms with E-state index in [1.54, 1.807) is 11.9 Å². The molecule has 0 radical (unpaired) electrons. The van der Waals surface area contributed by atoms with Crippen LogP contribution >= 0.6 is 0 Å².